The van der Waals surface area contributed by atoms with Crippen molar-refractivity contribution >= 4 is 23.4 Å². The van der Waals surface area contributed by atoms with Crippen LogP contribution >= 0.6 is 11.8 Å². The van der Waals surface area contributed by atoms with Crippen LogP contribution in [0.1, 0.15) is 27.0 Å². The van der Waals surface area contributed by atoms with Gasteiger partial charge in [0.05, 0.1) is 5.56 Å². The summed E-state index contributed by atoms with van der Waals surface area (Å²) in [7, 11) is 0. The minimum absolute atomic E-state index is 0.0932. The number of nitrogens with one attached hydrogen (secondary N) is 2. The summed E-state index contributed by atoms with van der Waals surface area (Å²) in [6.07, 6.45) is -3.09. The first-order valence-electron chi connectivity index (χ1n) is 7.90. The molecule has 0 aliphatic rings. The van der Waals surface area contributed by atoms with Crippen LogP contribution in [-0.2, 0) is 11.9 Å². The Bertz CT molecular complexity index is 942. The summed E-state index contributed by atoms with van der Waals surface area (Å²) in [5.74, 6) is -0.0127. The molecule has 2 N–H and O–H groups in total. The maximum absolute atomic E-state index is 13.1. The minimum atomic E-state index is -4.48. The lowest BCUT2D eigenvalue weighted by Gasteiger charge is -2.14. The van der Waals surface area contributed by atoms with E-state index in [0.717, 1.165) is 11.6 Å². The Labute approximate surface area is 157 Å². The minimum Gasteiger partial charge on any atom is -0.322 e. The molecule has 2 aromatic carbocycles. The van der Waals surface area contributed by atoms with E-state index in [4.69, 9.17) is 0 Å². The largest absolute Gasteiger partial charge is 0.416 e. The molecule has 0 saturated heterocycles. The second-order valence-corrected chi connectivity index (χ2v) is 6.68. The molecule has 9 heteroatoms. The lowest BCUT2D eigenvalue weighted by atomic mass is 10.1. The number of thioether (sulfide) groups is 1. The van der Waals surface area contributed by atoms with Gasteiger partial charge in [0.25, 0.3) is 5.91 Å². The first-order valence-corrected chi connectivity index (χ1v) is 8.88. The molecule has 1 heterocycles. The summed E-state index contributed by atoms with van der Waals surface area (Å²) < 4.78 is 39.2. The van der Waals surface area contributed by atoms with Crippen molar-refractivity contribution in [2.45, 2.75) is 24.0 Å². The Kier molecular flexibility index (Phi) is 5.50. The van der Waals surface area contributed by atoms with Gasteiger partial charge in [-0.3, -0.25) is 9.89 Å². The van der Waals surface area contributed by atoms with E-state index < -0.39 is 17.6 Å². The molecule has 3 aromatic rings. The van der Waals surface area contributed by atoms with Gasteiger partial charge in [0, 0.05) is 17.0 Å². The lowest BCUT2D eigenvalue weighted by Crippen LogP contribution is -2.15. The summed E-state index contributed by atoms with van der Waals surface area (Å²) >= 11 is 1.37. The van der Waals surface area contributed by atoms with Gasteiger partial charge in [-0.1, -0.05) is 36.0 Å². The number of hydrogen-bond donors (Lipinski definition) is 2. The first-order chi connectivity index (χ1) is 12.8. The van der Waals surface area contributed by atoms with Crippen molar-refractivity contribution in [3.8, 4) is 0 Å². The molecule has 0 unspecified atom stereocenters. The number of aryl methyl sites for hydroxylation is 1. The number of H-pyrrole nitrogens is 1. The Morgan fingerprint density at radius 2 is 2.00 bits per heavy atom. The molecular formula is C18H15F3N4OS. The topological polar surface area (TPSA) is 70.7 Å². The van der Waals surface area contributed by atoms with Gasteiger partial charge in [0.15, 0.2) is 5.16 Å². The molecule has 0 aliphatic carbocycles. The number of nitrogens with zero attached hydrogens (tertiary/aromatic N) is 2. The third-order valence-electron chi connectivity index (χ3n) is 3.82. The van der Waals surface area contributed by atoms with Crippen molar-refractivity contribution in [3.05, 3.63) is 71.0 Å². The summed E-state index contributed by atoms with van der Waals surface area (Å²) in [5.41, 5.74) is 0.549. The molecule has 0 spiro atoms. The second-order valence-electron chi connectivity index (χ2n) is 5.72. The predicted octanol–water partition coefficient (Wildman–Crippen LogP) is 4.68. The van der Waals surface area contributed by atoms with Crippen molar-refractivity contribution in [2.75, 3.05) is 5.32 Å². The number of carbonyl (C=O) groups is 1. The van der Waals surface area contributed by atoms with E-state index in [2.05, 4.69) is 20.5 Å². The average Bonchev–Trinajstić information content (AvgIpc) is 3.14. The number of carbonyl (C=O) groups excluding carboxylic acids is 1. The highest BCUT2D eigenvalue weighted by atomic mass is 32.2. The Hall–Kier alpha value is -2.81. The zero-order valence-corrected chi connectivity index (χ0v) is 15.0. The maximum Gasteiger partial charge on any atom is 0.416 e. The lowest BCUT2D eigenvalue weighted by molar-refractivity contribution is -0.138. The third kappa shape index (κ3) is 4.68. The fraction of sp³-hybridized carbons (Fsp3) is 0.167. The molecule has 0 saturated carbocycles. The molecule has 0 aliphatic heterocycles. The van der Waals surface area contributed by atoms with Gasteiger partial charge in [-0.05, 0) is 36.2 Å². The van der Waals surface area contributed by atoms with E-state index in [1.807, 2.05) is 0 Å². The van der Waals surface area contributed by atoms with Crippen LogP contribution in [0.2, 0.25) is 0 Å². The quantitative estimate of drug-likeness (QED) is 0.619. The monoisotopic (exact) mass is 392 g/mol. The molecular weight excluding hydrogens is 377 g/mol. The zero-order valence-electron chi connectivity index (χ0n) is 14.2. The zero-order chi connectivity index (χ0) is 19.4. The van der Waals surface area contributed by atoms with Crippen LogP contribution in [0.3, 0.4) is 0 Å². The second kappa shape index (κ2) is 7.83. The SMILES string of the molecule is Cc1ccc(NC(=O)c2ccccc2CSc2ncn[nH]2)cc1C(F)(F)F. The molecule has 3 rings (SSSR count). The van der Waals surface area contributed by atoms with Crippen LogP contribution in [0, 0.1) is 6.92 Å². The number of halogens is 3. The van der Waals surface area contributed by atoms with Crippen molar-refractivity contribution in [2.24, 2.45) is 0 Å². The number of amides is 1. The van der Waals surface area contributed by atoms with Gasteiger partial charge in [-0.2, -0.15) is 18.3 Å². The predicted molar refractivity (Wildman–Crippen MR) is 96.5 cm³/mol. The number of benzene rings is 2. The van der Waals surface area contributed by atoms with E-state index in [1.165, 1.54) is 37.1 Å². The normalized spacial score (nSPS) is 11.4. The maximum atomic E-state index is 13.1. The van der Waals surface area contributed by atoms with Crippen molar-refractivity contribution < 1.29 is 18.0 Å². The van der Waals surface area contributed by atoms with E-state index >= 15 is 0 Å². The molecule has 0 bridgehead atoms. The van der Waals surface area contributed by atoms with Gasteiger partial charge in [0.2, 0.25) is 0 Å². The highest BCUT2D eigenvalue weighted by Crippen LogP contribution is 2.33. The number of aromatic amines is 1. The summed E-state index contributed by atoms with van der Waals surface area (Å²) in [6.45, 7) is 1.38. The van der Waals surface area contributed by atoms with Gasteiger partial charge in [-0.15, -0.1) is 0 Å². The fourth-order valence-electron chi connectivity index (χ4n) is 2.48. The summed E-state index contributed by atoms with van der Waals surface area (Å²) in [4.78, 5) is 16.6. The van der Waals surface area contributed by atoms with Crippen LogP contribution in [0.5, 0.6) is 0 Å². The van der Waals surface area contributed by atoms with Crippen molar-refractivity contribution in [3.63, 3.8) is 0 Å². The number of hydrogen-bond acceptors (Lipinski definition) is 4. The molecule has 5 nitrogen and oxygen atoms in total. The van der Waals surface area contributed by atoms with E-state index in [0.29, 0.717) is 16.5 Å². The van der Waals surface area contributed by atoms with Gasteiger partial charge in [0.1, 0.15) is 6.33 Å². The van der Waals surface area contributed by atoms with E-state index in [9.17, 15) is 18.0 Å². The Morgan fingerprint density at radius 3 is 2.70 bits per heavy atom. The smallest absolute Gasteiger partial charge is 0.322 e. The first kappa shape index (κ1) is 19.0. The molecule has 1 aromatic heterocycles. The molecule has 0 atom stereocenters. The van der Waals surface area contributed by atoms with Crippen molar-refractivity contribution in [1.29, 1.82) is 0 Å². The van der Waals surface area contributed by atoms with Crippen LogP contribution in [0.15, 0.2) is 53.9 Å². The Balaban J connectivity index is 1.79. The average molecular weight is 392 g/mol. The van der Waals surface area contributed by atoms with Crippen molar-refractivity contribution in [1.82, 2.24) is 15.2 Å². The third-order valence-corrected chi connectivity index (χ3v) is 4.75. The van der Waals surface area contributed by atoms with Gasteiger partial charge >= 0.3 is 6.18 Å². The van der Waals surface area contributed by atoms with Crippen LogP contribution in [0.25, 0.3) is 0 Å². The highest BCUT2D eigenvalue weighted by molar-refractivity contribution is 7.98. The van der Waals surface area contributed by atoms with Crippen LogP contribution < -0.4 is 5.32 Å². The van der Waals surface area contributed by atoms with Gasteiger partial charge < -0.3 is 5.32 Å². The van der Waals surface area contributed by atoms with E-state index in [1.54, 1.807) is 24.3 Å². The van der Waals surface area contributed by atoms with Crippen LogP contribution in [-0.4, -0.2) is 21.1 Å². The molecule has 1 amide bonds. The van der Waals surface area contributed by atoms with E-state index in [-0.39, 0.29) is 11.3 Å². The molecule has 0 radical (unpaired) electrons. The molecule has 0 fully saturated rings. The number of alkyl halides is 3. The number of anilines is 1. The van der Waals surface area contributed by atoms with Crippen LogP contribution in [0.4, 0.5) is 18.9 Å². The summed E-state index contributed by atoms with van der Waals surface area (Å²) in [6, 6.07) is 10.6. The number of rotatable bonds is 5. The van der Waals surface area contributed by atoms with Gasteiger partial charge in [-0.25, -0.2) is 4.98 Å². The summed E-state index contributed by atoms with van der Waals surface area (Å²) in [5, 5.41) is 9.63. The molecule has 140 valence electrons. The molecule has 27 heavy (non-hydrogen) atoms. The standard InChI is InChI=1S/C18H15F3N4OS/c1-11-6-7-13(8-15(11)18(19,20)21)24-16(26)14-5-3-2-4-12(14)9-27-17-22-10-23-25-17/h2-8,10H,9H2,1H3,(H,24,26)(H,22,23,25). The number of aromatic nitrogens is 3. The highest BCUT2D eigenvalue weighted by Gasteiger charge is 2.32. The Morgan fingerprint density at radius 1 is 1.22 bits per heavy atom. The fourth-order valence-corrected chi connectivity index (χ4v) is 3.26.